The highest BCUT2D eigenvalue weighted by atomic mass is 32.2. The van der Waals surface area contributed by atoms with E-state index in [1.807, 2.05) is 0 Å². The Morgan fingerprint density at radius 1 is 1.18 bits per heavy atom. The van der Waals surface area contributed by atoms with Crippen molar-refractivity contribution in [1.29, 1.82) is 0 Å². The van der Waals surface area contributed by atoms with Crippen LogP contribution < -0.4 is 5.32 Å². The van der Waals surface area contributed by atoms with Gasteiger partial charge in [-0.3, -0.25) is 0 Å². The molecular weight excluding hydrogens is 389 g/mol. The van der Waals surface area contributed by atoms with Crippen LogP contribution in [0.15, 0.2) is 42.6 Å². The topological polar surface area (TPSA) is 65.3 Å². The number of hydrogen-bond acceptors (Lipinski definition) is 4. The molecule has 148 valence electrons. The first-order valence-corrected chi connectivity index (χ1v) is 10.5. The van der Waals surface area contributed by atoms with Crippen LogP contribution >= 0.6 is 0 Å². The van der Waals surface area contributed by atoms with Gasteiger partial charge in [0.2, 0.25) is 0 Å². The third-order valence-corrected chi connectivity index (χ3v) is 6.31. The fourth-order valence-corrected chi connectivity index (χ4v) is 4.71. The van der Waals surface area contributed by atoms with Crippen molar-refractivity contribution in [2.45, 2.75) is 19.0 Å². The first-order chi connectivity index (χ1) is 13.4. The number of anilines is 1. The van der Waals surface area contributed by atoms with Gasteiger partial charge in [-0.25, -0.2) is 9.50 Å². The van der Waals surface area contributed by atoms with E-state index in [1.54, 1.807) is 22.7 Å². The Kier molecular flexibility index (Phi) is 5.20. The van der Waals surface area contributed by atoms with Crippen LogP contribution in [0.25, 0.3) is 16.9 Å². The van der Waals surface area contributed by atoms with Gasteiger partial charge in [-0.1, -0.05) is 23.3 Å². The maximum Gasteiger partial charge on any atom is 0.416 e. The molecule has 1 fully saturated rings. The van der Waals surface area contributed by atoms with Gasteiger partial charge < -0.3 is 9.87 Å². The fraction of sp³-hybridized carbons (Fsp3) is 0.368. The lowest BCUT2D eigenvalue weighted by Crippen LogP contribution is -2.27. The summed E-state index contributed by atoms with van der Waals surface area (Å²) in [6, 6.07) is 8.73. The minimum Gasteiger partial charge on any atom is -0.616 e. The van der Waals surface area contributed by atoms with E-state index in [-0.39, 0.29) is 0 Å². The lowest BCUT2D eigenvalue weighted by molar-refractivity contribution is -0.137. The van der Waals surface area contributed by atoms with Gasteiger partial charge >= 0.3 is 6.18 Å². The lowest BCUT2D eigenvalue weighted by Gasteiger charge is -2.24. The standard InChI is InChI=1S/C19H19F3N4OS/c20-19(21,22)15-3-1-2-14(10-15)16-12-24-18-5-4-17(25-26(16)18)23-11-13-6-8-28(27)9-7-13/h1-5,10,12-13H,6-9,11H2,(H,23,25). The predicted molar refractivity (Wildman–Crippen MR) is 103 cm³/mol. The molecule has 0 saturated carbocycles. The first kappa shape index (κ1) is 19.1. The number of hydrogen-bond donors (Lipinski definition) is 1. The monoisotopic (exact) mass is 408 g/mol. The second kappa shape index (κ2) is 7.63. The lowest BCUT2D eigenvalue weighted by atomic mass is 10.0. The van der Waals surface area contributed by atoms with Crippen LogP contribution in [0.2, 0.25) is 0 Å². The summed E-state index contributed by atoms with van der Waals surface area (Å²) in [5.41, 5.74) is 0.759. The summed E-state index contributed by atoms with van der Waals surface area (Å²) in [6.07, 6.45) is -1.04. The molecule has 0 aliphatic carbocycles. The summed E-state index contributed by atoms with van der Waals surface area (Å²) in [5, 5.41) is 7.79. The van der Waals surface area contributed by atoms with E-state index >= 15 is 0 Å². The van der Waals surface area contributed by atoms with E-state index in [4.69, 9.17) is 0 Å². The Bertz CT molecular complexity index is 967. The SMILES string of the molecule is [O-][S+]1CCC(CNc2ccc3ncc(-c4cccc(C(F)(F)F)c4)n3n2)CC1. The molecule has 3 heterocycles. The fourth-order valence-electron chi connectivity index (χ4n) is 3.31. The highest BCUT2D eigenvalue weighted by molar-refractivity contribution is 7.91. The van der Waals surface area contributed by atoms with Gasteiger partial charge in [0, 0.05) is 12.1 Å². The highest BCUT2D eigenvalue weighted by Crippen LogP contribution is 2.32. The molecular formula is C19H19F3N4OS. The molecule has 1 aliphatic heterocycles. The van der Waals surface area contributed by atoms with Crippen LogP contribution in [0.4, 0.5) is 19.0 Å². The van der Waals surface area contributed by atoms with E-state index < -0.39 is 22.9 Å². The zero-order valence-electron chi connectivity index (χ0n) is 14.9. The molecule has 0 bridgehead atoms. The van der Waals surface area contributed by atoms with Gasteiger partial charge in [-0.15, -0.1) is 5.10 Å². The van der Waals surface area contributed by atoms with Crippen LogP contribution in [0.5, 0.6) is 0 Å². The molecule has 1 saturated heterocycles. The van der Waals surface area contributed by atoms with Crippen LogP contribution in [-0.2, 0) is 17.4 Å². The van der Waals surface area contributed by atoms with Crippen molar-refractivity contribution in [3.8, 4) is 11.3 Å². The zero-order chi connectivity index (χ0) is 19.7. The predicted octanol–water partition coefficient (Wildman–Crippen LogP) is 3.99. The number of nitrogens with zero attached hydrogens (tertiary/aromatic N) is 3. The second-order valence-corrected chi connectivity index (χ2v) is 8.58. The molecule has 28 heavy (non-hydrogen) atoms. The number of fused-ring (bicyclic) bond motifs is 1. The average molecular weight is 408 g/mol. The molecule has 9 heteroatoms. The third-order valence-electron chi connectivity index (χ3n) is 4.93. The molecule has 3 aromatic rings. The molecule has 0 amide bonds. The number of rotatable bonds is 4. The molecule has 1 aliphatic rings. The van der Waals surface area contributed by atoms with Crippen LogP contribution in [0.1, 0.15) is 18.4 Å². The number of imidazole rings is 1. The summed E-state index contributed by atoms with van der Waals surface area (Å²) < 4.78 is 52.1. The van der Waals surface area contributed by atoms with Gasteiger partial charge in [-0.05, 0) is 43.0 Å². The van der Waals surface area contributed by atoms with Crippen molar-refractivity contribution in [2.75, 3.05) is 23.4 Å². The summed E-state index contributed by atoms with van der Waals surface area (Å²) in [4.78, 5) is 4.24. The zero-order valence-corrected chi connectivity index (χ0v) is 15.8. The van der Waals surface area contributed by atoms with Crippen molar-refractivity contribution >= 4 is 22.6 Å². The number of aromatic nitrogens is 3. The Hall–Kier alpha value is -2.26. The van der Waals surface area contributed by atoms with E-state index in [0.717, 1.165) is 43.0 Å². The maximum atomic E-state index is 13.0. The smallest absolute Gasteiger partial charge is 0.416 e. The van der Waals surface area contributed by atoms with Gasteiger partial charge in [0.1, 0.15) is 17.3 Å². The number of benzene rings is 1. The number of alkyl halides is 3. The number of halogens is 3. The van der Waals surface area contributed by atoms with E-state index in [2.05, 4.69) is 15.4 Å². The largest absolute Gasteiger partial charge is 0.616 e. The second-order valence-electron chi connectivity index (χ2n) is 6.88. The van der Waals surface area contributed by atoms with E-state index in [9.17, 15) is 17.7 Å². The maximum absolute atomic E-state index is 13.0. The van der Waals surface area contributed by atoms with Crippen LogP contribution in [-0.4, -0.2) is 37.2 Å². The summed E-state index contributed by atoms with van der Waals surface area (Å²) in [7, 11) is 0. The quantitative estimate of drug-likeness (QED) is 0.663. The Morgan fingerprint density at radius 3 is 2.71 bits per heavy atom. The van der Waals surface area contributed by atoms with E-state index in [0.29, 0.717) is 28.6 Å². The van der Waals surface area contributed by atoms with Gasteiger partial charge in [0.05, 0.1) is 17.5 Å². The molecule has 0 atom stereocenters. The number of nitrogens with one attached hydrogen (secondary N) is 1. The molecule has 0 spiro atoms. The minimum atomic E-state index is -4.40. The van der Waals surface area contributed by atoms with Gasteiger partial charge in [-0.2, -0.15) is 13.2 Å². The Balaban J connectivity index is 1.57. The highest BCUT2D eigenvalue weighted by Gasteiger charge is 2.30. The normalized spacial score (nSPS) is 20.4. The summed E-state index contributed by atoms with van der Waals surface area (Å²) in [5.74, 6) is 2.55. The van der Waals surface area contributed by atoms with Crippen molar-refractivity contribution in [1.82, 2.24) is 14.6 Å². The summed E-state index contributed by atoms with van der Waals surface area (Å²) in [6.45, 7) is 0.725. The van der Waals surface area contributed by atoms with Crippen molar-refractivity contribution in [2.24, 2.45) is 5.92 Å². The van der Waals surface area contributed by atoms with E-state index in [1.165, 1.54) is 12.3 Å². The van der Waals surface area contributed by atoms with Crippen molar-refractivity contribution in [3.05, 3.63) is 48.2 Å². The third kappa shape index (κ3) is 4.10. The molecule has 0 unspecified atom stereocenters. The van der Waals surface area contributed by atoms with Gasteiger partial charge in [0.15, 0.2) is 5.65 Å². The molecule has 1 N–H and O–H groups in total. The molecule has 2 aromatic heterocycles. The molecule has 5 nitrogen and oxygen atoms in total. The van der Waals surface area contributed by atoms with Crippen molar-refractivity contribution in [3.63, 3.8) is 0 Å². The Morgan fingerprint density at radius 2 is 1.96 bits per heavy atom. The van der Waals surface area contributed by atoms with Crippen LogP contribution in [0, 0.1) is 5.92 Å². The molecule has 4 rings (SSSR count). The van der Waals surface area contributed by atoms with Gasteiger partial charge in [0.25, 0.3) is 0 Å². The summed E-state index contributed by atoms with van der Waals surface area (Å²) >= 11 is -0.691. The minimum absolute atomic E-state index is 0.404. The van der Waals surface area contributed by atoms with Crippen LogP contribution in [0.3, 0.4) is 0 Å². The van der Waals surface area contributed by atoms with Crippen molar-refractivity contribution < 1.29 is 17.7 Å². The average Bonchev–Trinajstić information content (AvgIpc) is 3.10. The molecule has 0 radical (unpaired) electrons. The first-order valence-electron chi connectivity index (χ1n) is 9.01. The Labute approximate surface area is 163 Å². The molecule has 1 aromatic carbocycles.